The van der Waals surface area contributed by atoms with Gasteiger partial charge in [0.1, 0.15) is 5.82 Å². The molecule has 0 aliphatic carbocycles. The quantitative estimate of drug-likeness (QED) is 0.869. The molecule has 2 aliphatic rings. The van der Waals surface area contributed by atoms with Crippen LogP contribution in [-0.4, -0.2) is 49.1 Å². The largest absolute Gasteiger partial charge is 0.323 e. The molecule has 8 heteroatoms. The topological polar surface area (TPSA) is 69.7 Å². The zero-order chi connectivity index (χ0) is 18.6. The van der Waals surface area contributed by atoms with Gasteiger partial charge in [-0.05, 0) is 37.8 Å². The van der Waals surface area contributed by atoms with Crippen molar-refractivity contribution in [1.82, 2.24) is 8.61 Å². The molecule has 26 heavy (non-hydrogen) atoms. The summed E-state index contributed by atoms with van der Waals surface area (Å²) in [4.78, 5) is 12.5. The van der Waals surface area contributed by atoms with E-state index in [1.165, 1.54) is 16.4 Å². The van der Waals surface area contributed by atoms with Crippen molar-refractivity contribution in [2.45, 2.75) is 38.5 Å². The number of rotatable bonds is 4. The summed E-state index contributed by atoms with van der Waals surface area (Å²) in [6, 6.07) is 5.99. The van der Waals surface area contributed by atoms with E-state index in [9.17, 15) is 17.6 Å². The molecule has 1 aromatic rings. The molecule has 6 nitrogen and oxygen atoms in total. The lowest BCUT2D eigenvalue weighted by molar-refractivity contribution is -0.120. The molecule has 2 heterocycles. The standard InChI is InChI=1S/C18H26FN3O3S/c19-16-9-3-4-10-17(16)20-18(23)15-8-7-13-22(14-15)26(24,25)21-11-5-1-2-6-12-21/h3-4,9-10,15H,1-2,5-8,11-14H2,(H,20,23). The van der Waals surface area contributed by atoms with Crippen molar-refractivity contribution in [2.24, 2.45) is 5.92 Å². The first kappa shape index (κ1) is 19.3. The summed E-state index contributed by atoms with van der Waals surface area (Å²) >= 11 is 0. The molecule has 1 atom stereocenters. The van der Waals surface area contributed by atoms with Gasteiger partial charge in [-0.25, -0.2) is 4.39 Å². The highest BCUT2D eigenvalue weighted by Crippen LogP contribution is 2.24. The van der Waals surface area contributed by atoms with E-state index in [1.807, 2.05) is 0 Å². The highest BCUT2D eigenvalue weighted by molar-refractivity contribution is 7.86. The minimum Gasteiger partial charge on any atom is -0.323 e. The minimum absolute atomic E-state index is 0.130. The van der Waals surface area contributed by atoms with Gasteiger partial charge < -0.3 is 5.32 Å². The van der Waals surface area contributed by atoms with E-state index in [4.69, 9.17) is 0 Å². The molecule has 0 bridgehead atoms. The average molecular weight is 383 g/mol. The van der Waals surface area contributed by atoms with Gasteiger partial charge in [-0.3, -0.25) is 4.79 Å². The molecule has 2 saturated heterocycles. The van der Waals surface area contributed by atoms with Gasteiger partial charge in [-0.15, -0.1) is 0 Å². The van der Waals surface area contributed by atoms with Crippen molar-refractivity contribution in [1.29, 1.82) is 0 Å². The molecular formula is C18H26FN3O3S. The van der Waals surface area contributed by atoms with Crippen molar-refractivity contribution in [3.63, 3.8) is 0 Å². The number of benzene rings is 1. The lowest BCUT2D eigenvalue weighted by Crippen LogP contribution is -2.50. The van der Waals surface area contributed by atoms with Crippen LogP contribution in [0, 0.1) is 11.7 Å². The molecule has 1 aromatic carbocycles. The molecule has 0 spiro atoms. The zero-order valence-electron chi connectivity index (χ0n) is 14.9. The fourth-order valence-electron chi connectivity index (χ4n) is 3.60. The van der Waals surface area contributed by atoms with Crippen LogP contribution in [0.4, 0.5) is 10.1 Å². The van der Waals surface area contributed by atoms with Gasteiger partial charge in [-0.2, -0.15) is 17.0 Å². The van der Waals surface area contributed by atoms with E-state index in [2.05, 4.69) is 5.32 Å². The first-order chi connectivity index (χ1) is 12.5. The summed E-state index contributed by atoms with van der Waals surface area (Å²) in [5, 5.41) is 2.59. The Hall–Kier alpha value is -1.51. The Kier molecular flexibility index (Phi) is 6.26. The van der Waals surface area contributed by atoms with E-state index in [1.54, 1.807) is 16.4 Å². The second-order valence-electron chi connectivity index (χ2n) is 6.99. The van der Waals surface area contributed by atoms with Crippen LogP contribution < -0.4 is 5.32 Å². The Morgan fingerprint density at radius 3 is 2.35 bits per heavy atom. The summed E-state index contributed by atoms with van der Waals surface area (Å²) in [5.74, 6) is -1.29. The maximum Gasteiger partial charge on any atom is 0.281 e. The lowest BCUT2D eigenvalue weighted by Gasteiger charge is -2.34. The minimum atomic E-state index is -3.54. The zero-order valence-corrected chi connectivity index (χ0v) is 15.7. The van der Waals surface area contributed by atoms with Crippen molar-refractivity contribution in [3.05, 3.63) is 30.1 Å². The van der Waals surface area contributed by atoms with Crippen LogP contribution in [0.1, 0.15) is 38.5 Å². The van der Waals surface area contributed by atoms with Gasteiger partial charge in [-0.1, -0.05) is 25.0 Å². The van der Waals surface area contributed by atoms with E-state index >= 15 is 0 Å². The normalized spacial score (nSPS) is 23.3. The van der Waals surface area contributed by atoms with E-state index in [0.29, 0.717) is 32.5 Å². The molecule has 0 radical (unpaired) electrons. The van der Waals surface area contributed by atoms with Gasteiger partial charge in [0.15, 0.2) is 0 Å². The van der Waals surface area contributed by atoms with Crippen LogP contribution in [0.2, 0.25) is 0 Å². The lowest BCUT2D eigenvalue weighted by atomic mass is 9.98. The summed E-state index contributed by atoms with van der Waals surface area (Å²) in [7, 11) is -3.54. The van der Waals surface area contributed by atoms with Gasteiger partial charge in [0.05, 0.1) is 11.6 Å². The maximum absolute atomic E-state index is 13.7. The maximum atomic E-state index is 13.7. The SMILES string of the molecule is O=C(Nc1ccccc1F)C1CCCN(S(=O)(=O)N2CCCCCC2)C1. The van der Waals surface area contributed by atoms with E-state index < -0.39 is 21.9 Å². The molecule has 2 aliphatic heterocycles. The van der Waals surface area contributed by atoms with Gasteiger partial charge in [0.2, 0.25) is 5.91 Å². The van der Waals surface area contributed by atoms with Crippen molar-refractivity contribution in [2.75, 3.05) is 31.5 Å². The molecule has 0 saturated carbocycles. The van der Waals surface area contributed by atoms with E-state index in [-0.39, 0.29) is 18.1 Å². The third kappa shape index (κ3) is 4.42. The number of hydrogen-bond acceptors (Lipinski definition) is 3. The van der Waals surface area contributed by atoms with Crippen LogP contribution in [0.5, 0.6) is 0 Å². The highest BCUT2D eigenvalue weighted by Gasteiger charge is 2.36. The Bertz CT molecular complexity index is 733. The Morgan fingerprint density at radius 1 is 1.00 bits per heavy atom. The molecular weight excluding hydrogens is 357 g/mol. The number of anilines is 1. The van der Waals surface area contributed by atoms with Gasteiger partial charge >= 0.3 is 0 Å². The third-order valence-corrected chi connectivity index (χ3v) is 7.11. The second-order valence-corrected chi connectivity index (χ2v) is 8.92. The van der Waals surface area contributed by atoms with Crippen molar-refractivity contribution >= 4 is 21.8 Å². The van der Waals surface area contributed by atoms with Crippen LogP contribution >= 0.6 is 0 Å². The number of carbonyl (C=O) groups excluding carboxylic acids is 1. The van der Waals surface area contributed by atoms with Gasteiger partial charge in [0.25, 0.3) is 10.2 Å². The number of hydrogen-bond donors (Lipinski definition) is 1. The fourth-order valence-corrected chi connectivity index (χ4v) is 5.37. The fraction of sp³-hybridized carbons (Fsp3) is 0.611. The summed E-state index contributed by atoms with van der Waals surface area (Å²) < 4.78 is 42.6. The second kappa shape index (κ2) is 8.45. The Balaban J connectivity index is 1.66. The number of nitrogens with one attached hydrogen (secondary N) is 1. The predicted octanol–water partition coefficient (Wildman–Crippen LogP) is 2.60. The monoisotopic (exact) mass is 383 g/mol. The number of piperidine rings is 1. The van der Waals surface area contributed by atoms with Crippen LogP contribution in [-0.2, 0) is 15.0 Å². The van der Waals surface area contributed by atoms with Crippen molar-refractivity contribution in [3.8, 4) is 0 Å². The number of halogens is 1. The summed E-state index contributed by atoms with van der Waals surface area (Å²) in [6.45, 7) is 1.68. The number of para-hydroxylation sites is 1. The first-order valence-corrected chi connectivity index (χ1v) is 10.7. The third-order valence-electron chi connectivity index (χ3n) is 5.10. The molecule has 3 rings (SSSR count). The molecule has 1 amide bonds. The molecule has 2 fully saturated rings. The van der Waals surface area contributed by atoms with Crippen LogP contribution in [0.25, 0.3) is 0 Å². The number of amides is 1. The Labute approximate surface area is 154 Å². The smallest absolute Gasteiger partial charge is 0.281 e. The highest BCUT2D eigenvalue weighted by atomic mass is 32.2. The molecule has 0 aromatic heterocycles. The number of nitrogens with zero attached hydrogens (tertiary/aromatic N) is 2. The van der Waals surface area contributed by atoms with Crippen LogP contribution in [0.3, 0.4) is 0 Å². The summed E-state index contributed by atoms with van der Waals surface area (Å²) in [6.07, 6.45) is 5.10. The number of carbonyl (C=O) groups is 1. The summed E-state index contributed by atoms with van der Waals surface area (Å²) in [5.41, 5.74) is 0.130. The van der Waals surface area contributed by atoms with E-state index in [0.717, 1.165) is 25.7 Å². The molecule has 1 unspecified atom stereocenters. The Morgan fingerprint density at radius 2 is 1.65 bits per heavy atom. The average Bonchev–Trinajstić information content (AvgIpc) is 2.94. The molecule has 144 valence electrons. The predicted molar refractivity (Wildman–Crippen MR) is 98.3 cm³/mol. The first-order valence-electron chi connectivity index (χ1n) is 9.29. The van der Waals surface area contributed by atoms with Crippen LogP contribution in [0.15, 0.2) is 24.3 Å². The molecule has 1 N–H and O–H groups in total. The van der Waals surface area contributed by atoms with Crippen molar-refractivity contribution < 1.29 is 17.6 Å². The van der Waals surface area contributed by atoms with Gasteiger partial charge in [0, 0.05) is 26.2 Å².